The number of hydrogen-bond acceptors (Lipinski definition) is 2. The largest absolute Gasteiger partial charge is 0.359 e. The first-order valence-corrected chi connectivity index (χ1v) is 10.7. The van der Waals surface area contributed by atoms with Crippen molar-refractivity contribution in [2.24, 2.45) is 0 Å². The van der Waals surface area contributed by atoms with Crippen molar-refractivity contribution in [3.8, 4) is 0 Å². The van der Waals surface area contributed by atoms with E-state index in [1.165, 1.54) is 57.8 Å². The van der Waals surface area contributed by atoms with Gasteiger partial charge in [-0.3, -0.25) is 9.59 Å². The second-order valence-electron chi connectivity index (χ2n) is 7.38. The first kappa shape index (κ1) is 23.2. The highest BCUT2D eigenvalue weighted by Crippen LogP contribution is 2.13. The molecule has 0 aliphatic rings. The van der Waals surface area contributed by atoms with Gasteiger partial charge in [0.2, 0.25) is 11.8 Å². The van der Waals surface area contributed by atoms with Gasteiger partial charge in [-0.1, -0.05) is 83.3 Å². The average Bonchev–Trinajstić information content (AvgIpc) is 2.67. The second-order valence-corrected chi connectivity index (χ2v) is 7.38. The van der Waals surface area contributed by atoms with E-state index >= 15 is 0 Å². The van der Waals surface area contributed by atoms with E-state index in [1.807, 2.05) is 24.3 Å². The predicted molar refractivity (Wildman–Crippen MR) is 114 cm³/mol. The Morgan fingerprint density at radius 2 is 1.26 bits per heavy atom. The number of amides is 2. The molecule has 0 bridgehead atoms. The van der Waals surface area contributed by atoms with Crippen LogP contribution in [-0.2, 0) is 16.0 Å². The van der Waals surface area contributed by atoms with E-state index in [-0.39, 0.29) is 11.8 Å². The van der Waals surface area contributed by atoms with Crippen molar-refractivity contribution in [2.75, 3.05) is 12.4 Å². The van der Waals surface area contributed by atoms with E-state index in [0.717, 1.165) is 24.1 Å². The summed E-state index contributed by atoms with van der Waals surface area (Å²) in [4.78, 5) is 23.4. The molecule has 27 heavy (non-hydrogen) atoms. The molecule has 0 fully saturated rings. The van der Waals surface area contributed by atoms with Crippen LogP contribution in [0.1, 0.15) is 89.5 Å². The average molecular weight is 375 g/mol. The maximum absolute atomic E-state index is 12.0. The van der Waals surface area contributed by atoms with Crippen LogP contribution in [0, 0.1) is 0 Å². The smallest absolute Gasteiger partial charge is 0.224 e. The molecule has 0 heterocycles. The third-order valence-corrected chi connectivity index (χ3v) is 4.89. The number of benzene rings is 1. The monoisotopic (exact) mass is 374 g/mol. The quantitative estimate of drug-likeness (QED) is 0.392. The molecule has 4 heteroatoms. The number of nitrogens with one attached hydrogen (secondary N) is 2. The van der Waals surface area contributed by atoms with Crippen LogP contribution in [-0.4, -0.2) is 18.9 Å². The third kappa shape index (κ3) is 12.2. The molecular formula is C23H38N2O2. The highest BCUT2D eigenvalue weighted by atomic mass is 16.2. The number of rotatable bonds is 15. The van der Waals surface area contributed by atoms with Crippen LogP contribution in [0.3, 0.4) is 0 Å². The summed E-state index contributed by atoms with van der Waals surface area (Å²) < 4.78 is 0. The van der Waals surface area contributed by atoms with E-state index in [0.29, 0.717) is 12.8 Å². The normalized spacial score (nSPS) is 10.6. The minimum absolute atomic E-state index is 0.0109. The van der Waals surface area contributed by atoms with Crippen LogP contribution < -0.4 is 10.6 Å². The molecule has 0 saturated heterocycles. The fourth-order valence-corrected chi connectivity index (χ4v) is 3.15. The van der Waals surface area contributed by atoms with Crippen molar-refractivity contribution >= 4 is 17.5 Å². The summed E-state index contributed by atoms with van der Waals surface area (Å²) in [7, 11) is 1.63. The van der Waals surface area contributed by atoms with Crippen molar-refractivity contribution in [1.82, 2.24) is 5.32 Å². The first-order valence-electron chi connectivity index (χ1n) is 10.7. The Kier molecular flexibility index (Phi) is 13.1. The minimum atomic E-state index is -0.0109. The van der Waals surface area contributed by atoms with Gasteiger partial charge >= 0.3 is 0 Å². The topological polar surface area (TPSA) is 58.2 Å². The maximum atomic E-state index is 12.0. The van der Waals surface area contributed by atoms with Crippen LogP contribution in [0.15, 0.2) is 24.3 Å². The fourth-order valence-electron chi connectivity index (χ4n) is 3.15. The lowest BCUT2D eigenvalue weighted by atomic mass is 10.1. The lowest BCUT2D eigenvalue weighted by Gasteiger charge is -2.07. The molecule has 2 amide bonds. The van der Waals surface area contributed by atoms with Crippen molar-refractivity contribution in [2.45, 2.75) is 90.4 Å². The summed E-state index contributed by atoms with van der Waals surface area (Å²) in [6.07, 6.45) is 15.1. The number of anilines is 1. The van der Waals surface area contributed by atoms with Gasteiger partial charge in [-0.25, -0.2) is 0 Å². The van der Waals surface area contributed by atoms with Crippen LogP contribution in [0.25, 0.3) is 0 Å². The molecule has 0 saturated carbocycles. The van der Waals surface area contributed by atoms with Crippen molar-refractivity contribution < 1.29 is 9.59 Å². The highest BCUT2D eigenvalue weighted by molar-refractivity contribution is 5.90. The number of unbranched alkanes of at least 4 members (excludes halogenated alkanes) is 10. The summed E-state index contributed by atoms with van der Waals surface area (Å²) in [5, 5.41) is 5.54. The Morgan fingerprint density at radius 1 is 0.741 bits per heavy atom. The van der Waals surface area contributed by atoms with E-state index < -0.39 is 0 Å². The lowest BCUT2D eigenvalue weighted by Crippen LogP contribution is -2.19. The Morgan fingerprint density at radius 3 is 1.78 bits per heavy atom. The molecule has 1 aromatic carbocycles. The molecule has 0 radical (unpaired) electrons. The van der Waals surface area contributed by atoms with Gasteiger partial charge in [-0.05, 0) is 24.1 Å². The van der Waals surface area contributed by atoms with Crippen molar-refractivity contribution in [3.05, 3.63) is 29.8 Å². The number of carbonyl (C=O) groups excluding carboxylic acids is 2. The van der Waals surface area contributed by atoms with Gasteiger partial charge < -0.3 is 10.6 Å². The summed E-state index contributed by atoms with van der Waals surface area (Å²) in [6, 6.07) is 7.48. The number of hydrogen-bond donors (Lipinski definition) is 2. The Labute approximate surface area is 165 Å². The number of likely N-dealkylation sites (N-methyl/N-ethyl adjacent to an activating group) is 1. The van der Waals surface area contributed by atoms with E-state index in [9.17, 15) is 9.59 Å². The van der Waals surface area contributed by atoms with Gasteiger partial charge in [0, 0.05) is 19.2 Å². The molecule has 0 aromatic heterocycles. The van der Waals surface area contributed by atoms with E-state index in [1.54, 1.807) is 7.05 Å². The zero-order valence-corrected chi connectivity index (χ0v) is 17.3. The highest BCUT2D eigenvalue weighted by Gasteiger charge is 2.04. The second kappa shape index (κ2) is 15.2. The Bertz CT molecular complexity index is 526. The van der Waals surface area contributed by atoms with Gasteiger partial charge in [0.05, 0.1) is 6.42 Å². The molecule has 152 valence electrons. The molecule has 0 aliphatic heterocycles. The Balaban J connectivity index is 2.03. The van der Waals surface area contributed by atoms with Gasteiger partial charge in [0.1, 0.15) is 0 Å². The van der Waals surface area contributed by atoms with Gasteiger partial charge in [0.25, 0.3) is 0 Å². The molecule has 2 N–H and O–H groups in total. The first-order chi connectivity index (χ1) is 13.2. The van der Waals surface area contributed by atoms with Gasteiger partial charge in [0.15, 0.2) is 0 Å². The summed E-state index contributed by atoms with van der Waals surface area (Å²) in [5.41, 5.74) is 1.74. The molecule has 0 spiro atoms. The standard InChI is InChI=1S/C23H38N2O2/c1-3-4-5-6-7-8-9-10-11-12-13-14-22(26)25-21-17-15-20(16-18-21)19-23(27)24-2/h15-18H,3-14,19H2,1-2H3,(H,24,27)(H,25,26). The summed E-state index contributed by atoms with van der Waals surface area (Å²) in [6.45, 7) is 2.26. The zero-order chi connectivity index (χ0) is 19.7. The maximum Gasteiger partial charge on any atom is 0.224 e. The minimum Gasteiger partial charge on any atom is -0.359 e. The van der Waals surface area contributed by atoms with Crippen LogP contribution in [0.5, 0.6) is 0 Å². The summed E-state index contributed by atoms with van der Waals surface area (Å²) in [5.74, 6) is 0.0632. The molecule has 1 aromatic rings. The molecule has 0 aliphatic carbocycles. The van der Waals surface area contributed by atoms with Gasteiger partial charge in [-0.2, -0.15) is 0 Å². The van der Waals surface area contributed by atoms with Crippen molar-refractivity contribution in [1.29, 1.82) is 0 Å². The van der Waals surface area contributed by atoms with Gasteiger partial charge in [-0.15, -0.1) is 0 Å². The molecular weight excluding hydrogens is 336 g/mol. The molecule has 4 nitrogen and oxygen atoms in total. The van der Waals surface area contributed by atoms with Crippen LogP contribution in [0.4, 0.5) is 5.69 Å². The lowest BCUT2D eigenvalue weighted by molar-refractivity contribution is -0.120. The van der Waals surface area contributed by atoms with Crippen LogP contribution in [0.2, 0.25) is 0 Å². The predicted octanol–water partition coefficient (Wildman–Crippen LogP) is 5.61. The number of carbonyl (C=O) groups is 2. The third-order valence-electron chi connectivity index (χ3n) is 4.89. The summed E-state index contributed by atoms with van der Waals surface area (Å²) >= 11 is 0. The van der Waals surface area contributed by atoms with Crippen LogP contribution >= 0.6 is 0 Å². The SMILES string of the molecule is CCCCCCCCCCCCCC(=O)Nc1ccc(CC(=O)NC)cc1. The molecule has 1 rings (SSSR count). The van der Waals surface area contributed by atoms with E-state index in [2.05, 4.69) is 17.6 Å². The van der Waals surface area contributed by atoms with E-state index in [4.69, 9.17) is 0 Å². The molecule has 0 unspecified atom stereocenters. The zero-order valence-electron chi connectivity index (χ0n) is 17.3. The van der Waals surface area contributed by atoms with Crippen molar-refractivity contribution in [3.63, 3.8) is 0 Å². The molecule has 0 atom stereocenters. The Hall–Kier alpha value is -1.84. The fraction of sp³-hybridized carbons (Fsp3) is 0.652.